The molecule has 19 nitrogen and oxygen atoms in total. The normalized spacial score (nSPS) is 14.5. The fourth-order valence-corrected chi connectivity index (χ4v) is 5.69. The SMILES string of the molecule is CCC(C)C(NC(=O)C(CCCN=C(N)N)NC(=O)OCc1ccccc1)C(=O)NC(CC(C)C)C(=O)NC(CCCN=C(N)N)C(=O)NC(C(=O)OC)C(C)CC. The number of amides is 5. The Kier molecular flexibility index (Phi) is 23.5. The summed E-state index contributed by atoms with van der Waals surface area (Å²) >= 11 is 0. The maximum atomic E-state index is 14.0. The molecule has 0 aliphatic carbocycles. The number of methoxy groups -OCH3 is 1. The predicted molar refractivity (Wildman–Crippen MR) is 221 cm³/mol. The topological polar surface area (TPSA) is 310 Å². The Morgan fingerprint density at radius 3 is 1.59 bits per heavy atom. The highest BCUT2D eigenvalue weighted by Crippen LogP contribution is 2.14. The van der Waals surface area contributed by atoms with Gasteiger partial charge in [0.1, 0.15) is 36.8 Å². The van der Waals surface area contributed by atoms with Crippen LogP contribution >= 0.6 is 0 Å². The van der Waals surface area contributed by atoms with E-state index in [9.17, 15) is 28.8 Å². The number of hydrogen-bond donors (Lipinski definition) is 9. The highest BCUT2D eigenvalue weighted by atomic mass is 16.5. The molecule has 7 unspecified atom stereocenters. The maximum absolute atomic E-state index is 14.0. The van der Waals surface area contributed by atoms with Crippen LogP contribution in [0, 0.1) is 17.8 Å². The molecular formula is C39H67N11O8. The summed E-state index contributed by atoms with van der Waals surface area (Å²) in [6.07, 6.45) is 1.18. The average Bonchev–Trinajstić information content (AvgIpc) is 3.18. The molecule has 5 amide bonds. The largest absolute Gasteiger partial charge is 0.467 e. The van der Waals surface area contributed by atoms with Gasteiger partial charge < -0.3 is 59.0 Å². The molecule has 0 aliphatic heterocycles. The second-order valence-electron chi connectivity index (χ2n) is 14.7. The zero-order valence-electron chi connectivity index (χ0n) is 35.0. The highest BCUT2D eigenvalue weighted by molar-refractivity contribution is 5.96. The van der Waals surface area contributed by atoms with Gasteiger partial charge in [-0.15, -0.1) is 0 Å². The Morgan fingerprint density at radius 1 is 0.638 bits per heavy atom. The summed E-state index contributed by atoms with van der Waals surface area (Å²) in [6.45, 7) is 11.3. The molecule has 0 radical (unpaired) electrons. The van der Waals surface area contributed by atoms with Crippen molar-refractivity contribution in [2.45, 2.75) is 123 Å². The molecule has 0 fully saturated rings. The lowest BCUT2D eigenvalue weighted by Gasteiger charge is -2.30. The molecule has 58 heavy (non-hydrogen) atoms. The van der Waals surface area contributed by atoms with Crippen LogP contribution in [0.3, 0.4) is 0 Å². The van der Waals surface area contributed by atoms with Crippen LogP contribution in [-0.4, -0.2) is 98.0 Å². The molecule has 19 heteroatoms. The number of rotatable bonds is 26. The third kappa shape index (κ3) is 19.5. The van der Waals surface area contributed by atoms with Gasteiger partial charge in [-0.2, -0.15) is 0 Å². The van der Waals surface area contributed by atoms with Crippen molar-refractivity contribution >= 4 is 47.6 Å². The summed E-state index contributed by atoms with van der Waals surface area (Å²) in [4.78, 5) is 88.8. The molecule has 0 bridgehead atoms. The van der Waals surface area contributed by atoms with Crippen LogP contribution in [0.4, 0.5) is 4.79 Å². The van der Waals surface area contributed by atoms with Crippen molar-refractivity contribution in [2.24, 2.45) is 50.7 Å². The summed E-state index contributed by atoms with van der Waals surface area (Å²) in [6, 6.07) is 3.50. The Bertz CT molecular complexity index is 1520. The van der Waals surface area contributed by atoms with E-state index < -0.39 is 71.8 Å². The molecule has 0 spiro atoms. The van der Waals surface area contributed by atoms with E-state index >= 15 is 0 Å². The van der Waals surface area contributed by atoms with E-state index in [0.717, 1.165) is 5.56 Å². The number of hydrogen-bond acceptors (Lipinski definition) is 10. The minimum absolute atomic E-state index is 0.0330. The Balaban J connectivity index is 3.32. The lowest BCUT2D eigenvalue weighted by Crippen LogP contribution is -2.60. The van der Waals surface area contributed by atoms with Gasteiger partial charge in [0.2, 0.25) is 23.6 Å². The standard InChI is InChI=1S/C39H67N11O8/c1-8-24(5)30(49-33(52)28(18-14-20-45-38(42)43)48-39(56)58-22-26-15-11-10-12-16-26)35(54)47-29(21-23(3)4)34(53)46-27(17-13-19-44-37(40)41)32(51)50-31(25(6)9-2)36(55)57-7/h10-12,15-16,23-25,27-31H,8-9,13-14,17-22H2,1-7H3,(H,46,53)(H,47,54)(H,48,56)(H,49,52)(H,50,51)(H4,40,41,44)(H4,42,43,45). The van der Waals surface area contributed by atoms with Crippen LogP contribution in [0.5, 0.6) is 0 Å². The van der Waals surface area contributed by atoms with Crippen LogP contribution in [0.15, 0.2) is 40.3 Å². The highest BCUT2D eigenvalue weighted by Gasteiger charge is 2.35. The number of alkyl carbamates (subject to hydrolysis) is 1. The smallest absolute Gasteiger partial charge is 0.408 e. The molecule has 326 valence electrons. The van der Waals surface area contributed by atoms with Crippen molar-refractivity contribution in [1.82, 2.24) is 26.6 Å². The minimum atomic E-state index is -1.14. The van der Waals surface area contributed by atoms with Crippen molar-refractivity contribution in [3.05, 3.63) is 35.9 Å². The van der Waals surface area contributed by atoms with E-state index in [-0.39, 0.29) is 62.7 Å². The van der Waals surface area contributed by atoms with Crippen molar-refractivity contribution in [2.75, 3.05) is 20.2 Å². The van der Waals surface area contributed by atoms with Gasteiger partial charge in [-0.25, -0.2) is 9.59 Å². The number of nitrogens with zero attached hydrogens (tertiary/aromatic N) is 2. The molecule has 7 atom stereocenters. The fourth-order valence-electron chi connectivity index (χ4n) is 5.69. The van der Waals surface area contributed by atoms with Crippen molar-refractivity contribution in [3.8, 4) is 0 Å². The van der Waals surface area contributed by atoms with E-state index in [0.29, 0.717) is 25.7 Å². The van der Waals surface area contributed by atoms with E-state index in [1.165, 1.54) is 7.11 Å². The Hall–Kier alpha value is -5.62. The predicted octanol–water partition coefficient (Wildman–Crippen LogP) is 0.639. The lowest BCUT2D eigenvalue weighted by molar-refractivity contribution is -0.147. The van der Waals surface area contributed by atoms with Gasteiger partial charge >= 0.3 is 12.1 Å². The number of guanidine groups is 2. The third-order valence-electron chi connectivity index (χ3n) is 9.44. The van der Waals surface area contributed by atoms with Gasteiger partial charge in [0.05, 0.1) is 7.11 Å². The van der Waals surface area contributed by atoms with Crippen LogP contribution in [0.25, 0.3) is 0 Å². The first kappa shape index (κ1) is 50.4. The Morgan fingerprint density at radius 2 is 1.10 bits per heavy atom. The lowest BCUT2D eigenvalue weighted by atomic mass is 9.96. The van der Waals surface area contributed by atoms with Crippen LogP contribution in [0.2, 0.25) is 0 Å². The van der Waals surface area contributed by atoms with Gasteiger partial charge in [-0.3, -0.25) is 29.2 Å². The van der Waals surface area contributed by atoms with Gasteiger partial charge in [0, 0.05) is 13.1 Å². The number of nitrogens with one attached hydrogen (secondary N) is 5. The quantitative estimate of drug-likeness (QED) is 0.0269. The van der Waals surface area contributed by atoms with Crippen LogP contribution < -0.4 is 49.5 Å². The molecule has 0 heterocycles. The second-order valence-corrected chi connectivity index (χ2v) is 14.7. The summed E-state index contributed by atoms with van der Waals surface area (Å²) in [5, 5.41) is 13.6. The molecule has 0 saturated carbocycles. The first-order valence-electron chi connectivity index (χ1n) is 19.8. The molecule has 0 aromatic heterocycles. The second kappa shape index (κ2) is 27.1. The molecular weight excluding hydrogens is 750 g/mol. The van der Waals surface area contributed by atoms with E-state index in [1.807, 2.05) is 33.8 Å². The van der Waals surface area contributed by atoms with Gasteiger partial charge in [-0.1, -0.05) is 84.7 Å². The van der Waals surface area contributed by atoms with E-state index in [1.54, 1.807) is 38.1 Å². The van der Waals surface area contributed by atoms with Gasteiger partial charge in [-0.05, 0) is 55.4 Å². The first-order valence-corrected chi connectivity index (χ1v) is 19.8. The van der Waals surface area contributed by atoms with Crippen LogP contribution in [-0.2, 0) is 40.1 Å². The zero-order chi connectivity index (χ0) is 43.8. The number of esters is 1. The first-order chi connectivity index (χ1) is 27.4. The molecule has 13 N–H and O–H groups in total. The zero-order valence-corrected chi connectivity index (χ0v) is 35.0. The van der Waals surface area contributed by atoms with Crippen molar-refractivity contribution < 1.29 is 38.2 Å². The Labute approximate surface area is 342 Å². The third-order valence-corrected chi connectivity index (χ3v) is 9.44. The number of aliphatic imine (C=N–C) groups is 2. The van der Waals surface area contributed by atoms with Gasteiger partial charge in [0.15, 0.2) is 11.9 Å². The maximum Gasteiger partial charge on any atom is 0.408 e. The monoisotopic (exact) mass is 818 g/mol. The molecule has 1 aromatic carbocycles. The number of nitrogens with two attached hydrogens (primary N) is 4. The summed E-state index contributed by atoms with van der Waals surface area (Å²) in [7, 11) is 1.22. The van der Waals surface area contributed by atoms with Crippen molar-refractivity contribution in [3.63, 3.8) is 0 Å². The summed E-state index contributed by atoms with van der Waals surface area (Å²) < 4.78 is 10.3. The molecule has 1 rings (SSSR count). The fraction of sp³-hybridized carbons (Fsp3) is 0.641. The molecule has 1 aromatic rings. The minimum Gasteiger partial charge on any atom is -0.467 e. The number of benzene rings is 1. The average molecular weight is 818 g/mol. The number of carbonyl (C=O) groups is 6. The van der Waals surface area contributed by atoms with E-state index in [4.69, 9.17) is 32.4 Å². The van der Waals surface area contributed by atoms with Crippen molar-refractivity contribution in [1.29, 1.82) is 0 Å². The van der Waals surface area contributed by atoms with Gasteiger partial charge in [0.25, 0.3) is 0 Å². The number of ether oxygens (including phenoxy) is 2. The summed E-state index contributed by atoms with van der Waals surface area (Å²) in [5.41, 5.74) is 22.6. The molecule has 0 saturated heterocycles. The van der Waals surface area contributed by atoms with E-state index in [2.05, 4.69) is 36.6 Å². The van der Waals surface area contributed by atoms with Crippen LogP contribution in [0.1, 0.15) is 92.1 Å². The number of carbonyl (C=O) groups excluding carboxylic acids is 6. The molecule has 0 aliphatic rings. The summed E-state index contributed by atoms with van der Waals surface area (Å²) in [5.74, 6) is -4.26.